The quantitative estimate of drug-likeness (QED) is 0.533. The molecule has 0 saturated heterocycles. The fourth-order valence-corrected chi connectivity index (χ4v) is 4.47. The molecule has 1 fully saturated rings. The van der Waals surface area contributed by atoms with Crippen LogP contribution >= 0.6 is 0 Å². The lowest BCUT2D eigenvalue weighted by Gasteiger charge is -2.28. The Balaban J connectivity index is 1.58. The third-order valence-electron chi connectivity index (χ3n) is 6.40. The summed E-state index contributed by atoms with van der Waals surface area (Å²) < 4.78 is 0. The van der Waals surface area contributed by atoms with Gasteiger partial charge in [-0.3, -0.25) is 14.6 Å². The number of nitrogens with two attached hydrogens (primary N) is 1. The maximum absolute atomic E-state index is 13.2. The van der Waals surface area contributed by atoms with Crippen LogP contribution in [0.4, 0.5) is 0 Å². The molecule has 1 aliphatic rings. The number of nitrogens with one attached hydrogen (secondary N) is 2. The van der Waals surface area contributed by atoms with Gasteiger partial charge in [0.2, 0.25) is 11.5 Å². The van der Waals surface area contributed by atoms with Crippen LogP contribution in [0.1, 0.15) is 43.0 Å². The van der Waals surface area contributed by atoms with Crippen molar-refractivity contribution in [1.82, 2.24) is 15.3 Å². The van der Waals surface area contributed by atoms with Crippen molar-refractivity contribution in [2.75, 3.05) is 6.54 Å². The second kappa shape index (κ2) is 10.4. The molecule has 1 unspecified atom stereocenters. The van der Waals surface area contributed by atoms with Gasteiger partial charge in [0.1, 0.15) is 0 Å². The number of hydrogen-bond acceptors (Lipinski definition) is 4. The maximum Gasteiger partial charge on any atom is 0.248 e. The van der Waals surface area contributed by atoms with E-state index >= 15 is 0 Å². The fraction of sp³-hybridized carbons (Fsp3) is 0.346. The van der Waals surface area contributed by atoms with E-state index in [4.69, 9.17) is 5.73 Å². The number of rotatable bonds is 7. The van der Waals surface area contributed by atoms with Gasteiger partial charge in [0, 0.05) is 24.4 Å². The first-order valence-corrected chi connectivity index (χ1v) is 11.3. The Morgan fingerprint density at radius 1 is 1.06 bits per heavy atom. The second-order valence-electron chi connectivity index (χ2n) is 8.62. The Morgan fingerprint density at radius 3 is 2.53 bits per heavy atom. The molecule has 1 aromatic carbocycles. The SMILES string of the molecule is NC[C@H]1CC[C@H](C(=O)NC(Cc2ccccc2)c2cc(-c3cc[nH]c(=O)c3)ccn2)CC1. The van der Waals surface area contributed by atoms with Crippen molar-refractivity contribution >= 4 is 5.91 Å². The van der Waals surface area contributed by atoms with Crippen LogP contribution in [0.2, 0.25) is 0 Å². The van der Waals surface area contributed by atoms with Crippen LogP contribution in [0.25, 0.3) is 11.1 Å². The summed E-state index contributed by atoms with van der Waals surface area (Å²) in [4.78, 5) is 32.1. The summed E-state index contributed by atoms with van der Waals surface area (Å²) in [5.41, 5.74) is 9.30. The molecule has 0 radical (unpaired) electrons. The number of carbonyl (C=O) groups excluding carboxylic acids is 1. The molecule has 3 aromatic rings. The average Bonchev–Trinajstić information content (AvgIpc) is 2.84. The van der Waals surface area contributed by atoms with Crippen molar-refractivity contribution in [3.05, 3.63) is 88.6 Å². The van der Waals surface area contributed by atoms with Gasteiger partial charge in [0.15, 0.2) is 0 Å². The van der Waals surface area contributed by atoms with Gasteiger partial charge in [-0.05, 0) is 79.5 Å². The molecule has 1 atom stereocenters. The summed E-state index contributed by atoms with van der Waals surface area (Å²) in [5.74, 6) is 0.642. The smallest absolute Gasteiger partial charge is 0.248 e. The molecular formula is C26H30N4O2. The van der Waals surface area contributed by atoms with Crippen LogP contribution in [0.3, 0.4) is 0 Å². The topological polar surface area (TPSA) is 101 Å². The minimum atomic E-state index is -0.251. The van der Waals surface area contributed by atoms with Crippen LogP contribution < -0.4 is 16.6 Å². The zero-order valence-corrected chi connectivity index (χ0v) is 18.2. The van der Waals surface area contributed by atoms with Crippen molar-refractivity contribution in [3.63, 3.8) is 0 Å². The Morgan fingerprint density at radius 2 is 1.81 bits per heavy atom. The van der Waals surface area contributed by atoms with Gasteiger partial charge in [-0.1, -0.05) is 30.3 Å². The highest BCUT2D eigenvalue weighted by Crippen LogP contribution is 2.29. The summed E-state index contributed by atoms with van der Waals surface area (Å²) in [6, 6.07) is 17.1. The Labute approximate surface area is 188 Å². The Kier molecular flexibility index (Phi) is 7.12. The summed E-state index contributed by atoms with van der Waals surface area (Å²) in [5, 5.41) is 3.27. The van der Waals surface area contributed by atoms with E-state index < -0.39 is 0 Å². The van der Waals surface area contributed by atoms with E-state index in [0.717, 1.165) is 48.1 Å². The Bertz CT molecular complexity index is 1090. The molecule has 2 aromatic heterocycles. The normalized spacial score (nSPS) is 19.3. The van der Waals surface area contributed by atoms with E-state index in [1.165, 1.54) is 0 Å². The van der Waals surface area contributed by atoms with Crippen molar-refractivity contribution in [1.29, 1.82) is 0 Å². The fourth-order valence-electron chi connectivity index (χ4n) is 4.47. The van der Waals surface area contributed by atoms with E-state index in [2.05, 4.69) is 27.4 Å². The number of benzene rings is 1. The lowest BCUT2D eigenvalue weighted by molar-refractivity contribution is -0.127. The Hall–Kier alpha value is -3.25. The van der Waals surface area contributed by atoms with Crippen LogP contribution in [0.5, 0.6) is 0 Å². The minimum Gasteiger partial charge on any atom is -0.347 e. The molecule has 32 heavy (non-hydrogen) atoms. The molecule has 4 rings (SSSR count). The second-order valence-corrected chi connectivity index (χ2v) is 8.62. The molecule has 1 aliphatic carbocycles. The van der Waals surface area contributed by atoms with E-state index in [9.17, 15) is 9.59 Å². The molecule has 166 valence electrons. The number of carbonyl (C=O) groups is 1. The number of H-pyrrole nitrogens is 1. The van der Waals surface area contributed by atoms with Gasteiger partial charge in [0.05, 0.1) is 11.7 Å². The van der Waals surface area contributed by atoms with Crippen molar-refractivity contribution < 1.29 is 4.79 Å². The number of pyridine rings is 2. The standard InChI is InChI=1S/C26H30N4O2/c27-17-19-6-8-20(9-7-19)26(32)30-24(14-18-4-2-1-3-5-18)23-15-21(10-12-28-23)22-11-13-29-25(31)16-22/h1-5,10-13,15-16,19-20,24H,6-9,14,17,27H2,(H,29,31)(H,30,32)/t19-,20-,24?. The molecule has 0 spiro atoms. The molecule has 4 N–H and O–H groups in total. The van der Waals surface area contributed by atoms with E-state index in [-0.39, 0.29) is 23.4 Å². The lowest BCUT2D eigenvalue weighted by Crippen LogP contribution is -2.37. The molecule has 6 nitrogen and oxygen atoms in total. The van der Waals surface area contributed by atoms with E-state index in [1.807, 2.05) is 36.4 Å². The number of aromatic nitrogens is 2. The maximum atomic E-state index is 13.2. The molecule has 0 aliphatic heterocycles. The zero-order valence-electron chi connectivity index (χ0n) is 18.2. The number of hydrogen-bond donors (Lipinski definition) is 3. The van der Waals surface area contributed by atoms with Crippen molar-refractivity contribution in [2.24, 2.45) is 17.6 Å². The number of aromatic amines is 1. The predicted octanol–water partition coefficient (Wildman–Crippen LogP) is 3.60. The predicted molar refractivity (Wildman–Crippen MR) is 126 cm³/mol. The summed E-state index contributed by atoms with van der Waals surface area (Å²) in [6.45, 7) is 0.698. The average molecular weight is 431 g/mol. The van der Waals surface area contributed by atoms with Gasteiger partial charge in [-0.25, -0.2) is 0 Å². The van der Waals surface area contributed by atoms with Gasteiger partial charge in [-0.15, -0.1) is 0 Å². The summed E-state index contributed by atoms with van der Waals surface area (Å²) in [6.07, 6.45) is 7.80. The molecular weight excluding hydrogens is 400 g/mol. The largest absolute Gasteiger partial charge is 0.347 e. The molecule has 1 amide bonds. The van der Waals surface area contributed by atoms with Crippen LogP contribution in [0.15, 0.2) is 71.8 Å². The van der Waals surface area contributed by atoms with E-state index in [0.29, 0.717) is 18.9 Å². The van der Waals surface area contributed by atoms with E-state index in [1.54, 1.807) is 18.5 Å². The van der Waals surface area contributed by atoms with Crippen molar-refractivity contribution in [2.45, 2.75) is 38.1 Å². The highest BCUT2D eigenvalue weighted by Gasteiger charge is 2.28. The van der Waals surface area contributed by atoms with Crippen molar-refractivity contribution in [3.8, 4) is 11.1 Å². The lowest BCUT2D eigenvalue weighted by atomic mass is 9.81. The zero-order chi connectivity index (χ0) is 22.3. The van der Waals surface area contributed by atoms with Gasteiger partial charge < -0.3 is 16.0 Å². The van der Waals surface area contributed by atoms with Crippen LogP contribution in [-0.4, -0.2) is 22.4 Å². The van der Waals surface area contributed by atoms with Crippen LogP contribution in [-0.2, 0) is 11.2 Å². The first kappa shape index (κ1) is 22.0. The highest BCUT2D eigenvalue weighted by atomic mass is 16.2. The minimum absolute atomic E-state index is 0.0203. The highest BCUT2D eigenvalue weighted by molar-refractivity contribution is 5.79. The molecule has 0 bridgehead atoms. The third kappa shape index (κ3) is 5.51. The summed E-state index contributed by atoms with van der Waals surface area (Å²) >= 11 is 0. The van der Waals surface area contributed by atoms with Crippen LogP contribution in [0, 0.1) is 11.8 Å². The molecule has 2 heterocycles. The number of nitrogens with zero attached hydrogens (tertiary/aromatic N) is 1. The first-order valence-electron chi connectivity index (χ1n) is 11.3. The molecule has 6 heteroatoms. The van der Waals surface area contributed by atoms with Gasteiger partial charge in [-0.2, -0.15) is 0 Å². The third-order valence-corrected chi connectivity index (χ3v) is 6.40. The van der Waals surface area contributed by atoms with Gasteiger partial charge >= 0.3 is 0 Å². The molecule has 1 saturated carbocycles. The summed E-state index contributed by atoms with van der Waals surface area (Å²) in [7, 11) is 0. The monoisotopic (exact) mass is 430 g/mol. The first-order chi connectivity index (χ1) is 15.6. The number of amides is 1. The van der Waals surface area contributed by atoms with Gasteiger partial charge in [0.25, 0.3) is 0 Å².